The molecule has 1 aliphatic heterocycles. The maximum atomic E-state index is 11.7. The molecule has 1 aromatic carbocycles. The molecule has 0 aliphatic carbocycles. The van der Waals surface area contributed by atoms with E-state index in [1.165, 1.54) is 18.2 Å². The Bertz CT molecular complexity index is 541. The van der Waals surface area contributed by atoms with E-state index in [9.17, 15) is 13.2 Å². The van der Waals surface area contributed by atoms with Crippen molar-refractivity contribution in [1.29, 1.82) is 0 Å². The highest BCUT2D eigenvalue weighted by atomic mass is 35.5. The van der Waals surface area contributed by atoms with Crippen molar-refractivity contribution >= 4 is 39.1 Å². The largest absolute Gasteiger partial charge is 0.271 e. The molecule has 2 rings (SSSR count). The monoisotopic (exact) mass is 265 g/mol. The Balaban J connectivity index is 2.80. The summed E-state index contributed by atoms with van der Waals surface area (Å²) in [6.07, 6.45) is 0. The fourth-order valence-corrected chi connectivity index (χ4v) is 3.58. The number of benzene rings is 1. The summed E-state index contributed by atoms with van der Waals surface area (Å²) in [5.41, 5.74) is -0.000170. The highest BCUT2D eigenvalue weighted by Crippen LogP contribution is 2.34. The molecule has 0 saturated heterocycles. The molecule has 0 radical (unpaired) electrons. The SMILES string of the molecule is O=C1c2c(Cl)cccc2S(=O)(=O)N1CCl. The van der Waals surface area contributed by atoms with E-state index in [1.54, 1.807) is 0 Å². The number of rotatable bonds is 1. The normalized spacial score (nSPS) is 18.0. The maximum absolute atomic E-state index is 11.7. The zero-order valence-electron chi connectivity index (χ0n) is 7.28. The topological polar surface area (TPSA) is 54.5 Å². The van der Waals surface area contributed by atoms with Gasteiger partial charge in [0.25, 0.3) is 15.9 Å². The van der Waals surface area contributed by atoms with Crippen LogP contribution in [0.5, 0.6) is 0 Å². The van der Waals surface area contributed by atoms with Gasteiger partial charge in [-0.3, -0.25) is 4.79 Å². The van der Waals surface area contributed by atoms with Crippen LogP contribution in [0, 0.1) is 0 Å². The van der Waals surface area contributed by atoms with E-state index >= 15 is 0 Å². The molecule has 0 unspecified atom stereocenters. The maximum Gasteiger partial charge on any atom is 0.271 e. The van der Waals surface area contributed by atoms with Gasteiger partial charge in [-0.1, -0.05) is 17.7 Å². The van der Waals surface area contributed by atoms with Crippen molar-refractivity contribution in [2.24, 2.45) is 0 Å². The van der Waals surface area contributed by atoms with Crippen LogP contribution in [0.15, 0.2) is 23.1 Å². The molecule has 0 aromatic heterocycles. The number of hydrogen-bond acceptors (Lipinski definition) is 3. The van der Waals surface area contributed by atoms with Gasteiger partial charge in [0.05, 0.1) is 10.6 Å². The van der Waals surface area contributed by atoms with Gasteiger partial charge in [0, 0.05) is 0 Å². The van der Waals surface area contributed by atoms with Crippen molar-refractivity contribution < 1.29 is 13.2 Å². The minimum absolute atomic E-state index is 0.000170. The molecule has 1 amide bonds. The number of carbonyl (C=O) groups excluding carboxylic acids is 1. The standard InChI is InChI=1S/C8H5Cl2NO3S/c9-4-11-8(12)7-5(10)2-1-3-6(7)15(11,13)14/h1-3H,4H2. The fraction of sp³-hybridized carbons (Fsp3) is 0.125. The van der Waals surface area contributed by atoms with Crippen molar-refractivity contribution in [1.82, 2.24) is 4.31 Å². The second-order valence-corrected chi connectivity index (χ2v) is 5.37. The van der Waals surface area contributed by atoms with Crippen LogP contribution in [-0.2, 0) is 10.0 Å². The lowest BCUT2D eigenvalue weighted by molar-refractivity contribution is 0.0886. The Morgan fingerprint density at radius 1 is 1.33 bits per heavy atom. The Kier molecular flexibility index (Phi) is 2.41. The number of sulfonamides is 1. The first-order valence-corrected chi connectivity index (χ1v) is 6.27. The molecule has 0 fully saturated rings. The number of alkyl halides is 1. The summed E-state index contributed by atoms with van der Waals surface area (Å²) in [5, 5.41) is 0.119. The lowest BCUT2D eigenvalue weighted by Gasteiger charge is -2.09. The minimum atomic E-state index is -3.80. The molecule has 0 bridgehead atoms. The second kappa shape index (κ2) is 3.37. The van der Waals surface area contributed by atoms with Gasteiger partial charge < -0.3 is 0 Å². The first-order chi connectivity index (χ1) is 7.00. The third-order valence-electron chi connectivity index (χ3n) is 2.09. The molecule has 1 aromatic rings. The van der Waals surface area contributed by atoms with Gasteiger partial charge in [0.1, 0.15) is 10.9 Å². The Hall–Kier alpha value is -0.780. The molecular formula is C8H5Cl2NO3S. The van der Waals surface area contributed by atoms with Gasteiger partial charge in [0.15, 0.2) is 0 Å². The average Bonchev–Trinajstić information content (AvgIpc) is 2.36. The third kappa shape index (κ3) is 1.34. The summed E-state index contributed by atoms with van der Waals surface area (Å²) >= 11 is 11.2. The molecule has 15 heavy (non-hydrogen) atoms. The van der Waals surface area contributed by atoms with Crippen LogP contribution in [0.25, 0.3) is 0 Å². The highest BCUT2D eigenvalue weighted by Gasteiger charge is 2.41. The lowest BCUT2D eigenvalue weighted by Crippen LogP contribution is -2.28. The first-order valence-electron chi connectivity index (χ1n) is 3.91. The van der Waals surface area contributed by atoms with E-state index in [2.05, 4.69) is 0 Å². The van der Waals surface area contributed by atoms with Crippen LogP contribution in [0.3, 0.4) is 0 Å². The van der Waals surface area contributed by atoms with Gasteiger partial charge in [0.2, 0.25) is 0 Å². The van der Waals surface area contributed by atoms with Crippen LogP contribution >= 0.6 is 23.2 Å². The van der Waals surface area contributed by atoms with Crippen LogP contribution in [0.4, 0.5) is 0 Å². The van der Waals surface area contributed by atoms with Crippen LogP contribution in [-0.4, -0.2) is 24.6 Å². The number of fused-ring (bicyclic) bond motifs is 1. The molecule has 7 heteroatoms. The predicted octanol–water partition coefficient (Wildman–Crippen LogP) is 1.68. The van der Waals surface area contributed by atoms with Gasteiger partial charge in [-0.2, -0.15) is 0 Å². The lowest BCUT2D eigenvalue weighted by atomic mass is 10.2. The smallest absolute Gasteiger partial charge is 0.268 e. The molecule has 0 saturated carbocycles. The number of carbonyl (C=O) groups is 1. The molecular weight excluding hydrogens is 261 g/mol. The van der Waals surface area contributed by atoms with Gasteiger partial charge in [-0.05, 0) is 12.1 Å². The number of hydrogen-bond donors (Lipinski definition) is 0. The zero-order chi connectivity index (χ0) is 11.2. The van der Waals surface area contributed by atoms with E-state index in [1.807, 2.05) is 0 Å². The van der Waals surface area contributed by atoms with E-state index in [4.69, 9.17) is 23.2 Å². The van der Waals surface area contributed by atoms with Crippen LogP contribution in [0.2, 0.25) is 5.02 Å². The Labute approximate surface area is 96.4 Å². The van der Waals surface area contributed by atoms with Gasteiger partial charge in [-0.15, -0.1) is 11.6 Å². The fourth-order valence-electron chi connectivity index (χ4n) is 1.40. The van der Waals surface area contributed by atoms with E-state index in [0.29, 0.717) is 4.31 Å². The number of halogens is 2. The molecule has 1 aliphatic rings. The number of nitrogens with zero attached hydrogens (tertiary/aromatic N) is 1. The first kappa shape index (κ1) is 10.7. The van der Waals surface area contributed by atoms with Crippen molar-refractivity contribution in [2.75, 3.05) is 6.00 Å². The van der Waals surface area contributed by atoms with E-state index < -0.39 is 21.9 Å². The van der Waals surface area contributed by atoms with Crippen molar-refractivity contribution in [3.05, 3.63) is 28.8 Å². The van der Waals surface area contributed by atoms with Gasteiger partial charge in [-0.25, -0.2) is 12.7 Å². The minimum Gasteiger partial charge on any atom is -0.268 e. The number of amides is 1. The molecule has 1 heterocycles. The van der Waals surface area contributed by atoms with Crippen molar-refractivity contribution in [3.8, 4) is 0 Å². The summed E-state index contributed by atoms with van der Waals surface area (Å²) < 4.78 is 24.1. The van der Waals surface area contributed by atoms with Gasteiger partial charge >= 0.3 is 0 Å². The molecule has 4 nitrogen and oxygen atoms in total. The summed E-state index contributed by atoms with van der Waals surface area (Å²) in [6.45, 7) is 0. The third-order valence-corrected chi connectivity index (χ3v) is 4.56. The average molecular weight is 266 g/mol. The van der Waals surface area contributed by atoms with Crippen molar-refractivity contribution in [3.63, 3.8) is 0 Å². The van der Waals surface area contributed by atoms with E-state index in [0.717, 1.165) is 0 Å². The molecule has 0 atom stereocenters. The predicted molar refractivity (Wildman–Crippen MR) is 55.5 cm³/mol. The summed E-state index contributed by atoms with van der Waals surface area (Å²) in [4.78, 5) is 11.6. The van der Waals surface area contributed by atoms with Crippen LogP contribution in [0.1, 0.15) is 10.4 Å². The quantitative estimate of drug-likeness (QED) is 0.574. The summed E-state index contributed by atoms with van der Waals surface area (Å²) in [6, 6.07) is 3.86. The second-order valence-electron chi connectivity index (χ2n) is 2.89. The molecule has 0 spiro atoms. The highest BCUT2D eigenvalue weighted by molar-refractivity contribution is 7.90. The van der Waals surface area contributed by atoms with E-state index in [-0.39, 0.29) is 15.5 Å². The van der Waals surface area contributed by atoms with Crippen LogP contribution < -0.4 is 0 Å². The van der Waals surface area contributed by atoms with Crippen molar-refractivity contribution in [2.45, 2.75) is 4.90 Å². The Morgan fingerprint density at radius 3 is 2.53 bits per heavy atom. The summed E-state index contributed by atoms with van der Waals surface area (Å²) in [7, 11) is -3.80. The zero-order valence-corrected chi connectivity index (χ0v) is 9.60. The molecule has 0 N–H and O–H groups in total. The summed E-state index contributed by atoms with van der Waals surface area (Å²) in [5.74, 6) is -0.675. The molecule has 80 valence electrons. The Morgan fingerprint density at radius 2 is 2.00 bits per heavy atom.